The standard InChI is InChI=1S/C23H22FN3O2/c24-22-18(9-6-12-25-22)14-27-15-19(16-27)29-21-11-5-4-10-20(21)23(28)26-13-17-7-2-1-3-8-17/h1-12,19H,13-16H2,(H,26,28). The minimum Gasteiger partial charge on any atom is -0.487 e. The molecule has 148 valence electrons. The van der Waals surface area contributed by atoms with Crippen molar-refractivity contribution in [1.29, 1.82) is 0 Å². The van der Waals surface area contributed by atoms with Gasteiger partial charge in [0, 0.05) is 37.9 Å². The van der Waals surface area contributed by atoms with E-state index in [1.165, 1.54) is 6.20 Å². The predicted molar refractivity (Wildman–Crippen MR) is 108 cm³/mol. The van der Waals surface area contributed by atoms with Gasteiger partial charge in [-0.25, -0.2) is 4.98 Å². The van der Waals surface area contributed by atoms with Crippen LogP contribution < -0.4 is 10.1 Å². The number of likely N-dealkylation sites (tertiary alicyclic amines) is 1. The van der Waals surface area contributed by atoms with E-state index >= 15 is 0 Å². The summed E-state index contributed by atoms with van der Waals surface area (Å²) in [7, 11) is 0. The number of nitrogens with zero attached hydrogens (tertiary/aromatic N) is 2. The van der Waals surface area contributed by atoms with Crippen LogP contribution in [0.25, 0.3) is 0 Å². The van der Waals surface area contributed by atoms with Crippen molar-refractivity contribution in [3.05, 3.63) is 95.6 Å². The van der Waals surface area contributed by atoms with Crippen LogP contribution in [-0.2, 0) is 13.1 Å². The minimum absolute atomic E-state index is 0.0298. The van der Waals surface area contributed by atoms with Gasteiger partial charge >= 0.3 is 0 Å². The molecule has 1 saturated heterocycles. The number of nitrogens with one attached hydrogen (secondary N) is 1. The average Bonchev–Trinajstić information content (AvgIpc) is 2.73. The SMILES string of the molecule is O=C(NCc1ccccc1)c1ccccc1OC1CN(Cc2cccnc2F)C1. The maximum Gasteiger partial charge on any atom is 0.255 e. The quantitative estimate of drug-likeness (QED) is 0.627. The highest BCUT2D eigenvalue weighted by Crippen LogP contribution is 2.24. The van der Waals surface area contributed by atoms with Gasteiger partial charge in [0.2, 0.25) is 5.95 Å². The molecule has 6 heteroatoms. The van der Waals surface area contributed by atoms with Crippen molar-refractivity contribution in [3.8, 4) is 5.75 Å². The van der Waals surface area contributed by atoms with E-state index in [2.05, 4.69) is 15.2 Å². The van der Waals surface area contributed by atoms with Crippen LogP contribution in [0.3, 0.4) is 0 Å². The molecule has 1 aliphatic heterocycles. The third kappa shape index (κ3) is 4.78. The van der Waals surface area contributed by atoms with E-state index in [9.17, 15) is 9.18 Å². The normalized spacial score (nSPS) is 14.2. The summed E-state index contributed by atoms with van der Waals surface area (Å²) < 4.78 is 19.7. The van der Waals surface area contributed by atoms with Gasteiger partial charge in [0.15, 0.2) is 0 Å². The second-order valence-corrected chi connectivity index (χ2v) is 7.05. The molecule has 0 atom stereocenters. The molecule has 0 spiro atoms. The maximum atomic E-state index is 13.7. The second kappa shape index (κ2) is 8.84. The zero-order valence-corrected chi connectivity index (χ0v) is 15.9. The Morgan fingerprint density at radius 3 is 2.62 bits per heavy atom. The number of carbonyl (C=O) groups excluding carboxylic acids is 1. The third-order valence-corrected chi connectivity index (χ3v) is 4.88. The van der Waals surface area contributed by atoms with Gasteiger partial charge in [-0.3, -0.25) is 9.69 Å². The van der Waals surface area contributed by atoms with Crippen LogP contribution in [0.5, 0.6) is 5.75 Å². The van der Waals surface area contributed by atoms with Gasteiger partial charge in [-0.05, 0) is 23.8 Å². The van der Waals surface area contributed by atoms with Crippen LogP contribution in [0.1, 0.15) is 21.5 Å². The monoisotopic (exact) mass is 391 g/mol. The van der Waals surface area contributed by atoms with Crippen LogP contribution in [0.2, 0.25) is 0 Å². The van der Waals surface area contributed by atoms with Crippen LogP contribution in [0.4, 0.5) is 4.39 Å². The highest BCUT2D eigenvalue weighted by molar-refractivity contribution is 5.96. The zero-order valence-electron chi connectivity index (χ0n) is 15.9. The number of benzene rings is 2. The van der Waals surface area contributed by atoms with E-state index in [-0.39, 0.29) is 12.0 Å². The Kier molecular flexibility index (Phi) is 5.81. The fraction of sp³-hybridized carbons (Fsp3) is 0.217. The lowest BCUT2D eigenvalue weighted by Crippen LogP contribution is -2.53. The first-order chi connectivity index (χ1) is 14.2. The number of ether oxygens (including phenoxy) is 1. The van der Waals surface area contributed by atoms with Crippen LogP contribution >= 0.6 is 0 Å². The number of carbonyl (C=O) groups is 1. The van der Waals surface area contributed by atoms with Crippen molar-refractivity contribution < 1.29 is 13.9 Å². The summed E-state index contributed by atoms with van der Waals surface area (Å²) in [5.74, 6) is -0.0364. The van der Waals surface area contributed by atoms with Gasteiger partial charge in [-0.2, -0.15) is 4.39 Å². The highest BCUT2D eigenvalue weighted by atomic mass is 19.1. The predicted octanol–water partition coefficient (Wildman–Crippen LogP) is 3.41. The molecule has 0 unspecified atom stereocenters. The summed E-state index contributed by atoms with van der Waals surface area (Å²) in [6.07, 6.45) is 1.42. The topological polar surface area (TPSA) is 54.5 Å². The smallest absolute Gasteiger partial charge is 0.255 e. The Morgan fingerprint density at radius 2 is 1.83 bits per heavy atom. The Hall–Kier alpha value is -3.25. The van der Waals surface area contributed by atoms with Crippen LogP contribution in [-0.4, -0.2) is 35.0 Å². The van der Waals surface area contributed by atoms with Crippen molar-refractivity contribution >= 4 is 5.91 Å². The number of aromatic nitrogens is 1. The summed E-state index contributed by atoms with van der Waals surface area (Å²) in [6.45, 7) is 2.31. The largest absolute Gasteiger partial charge is 0.487 e. The van der Waals surface area contributed by atoms with E-state index in [4.69, 9.17) is 4.74 Å². The molecule has 1 amide bonds. The third-order valence-electron chi connectivity index (χ3n) is 4.88. The maximum absolute atomic E-state index is 13.7. The summed E-state index contributed by atoms with van der Waals surface area (Å²) >= 11 is 0. The number of pyridine rings is 1. The number of halogens is 1. The number of para-hydroxylation sites is 1. The van der Waals surface area contributed by atoms with Crippen molar-refractivity contribution in [2.75, 3.05) is 13.1 Å². The molecule has 2 aromatic carbocycles. The molecule has 1 N–H and O–H groups in total. The van der Waals surface area contributed by atoms with Crippen molar-refractivity contribution in [3.63, 3.8) is 0 Å². The van der Waals surface area contributed by atoms with Crippen molar-refractivity contribution in [2.45, 2.75) is 19.2 Å². The van der Waals surface area contributed by atoms with Gasteiger partial charge < -0.3 is 10.1 Å². The molecule has 0 saturated carbocycles. The molecule has 3 aromatic rings. The Labute approximate surface area is 169 Å². The van der Waals surface area contributed by atoms with Crippen molar-refractivity contribution in [1.82, 2.24) is 15.2 Å². The zero-order chi connectivity index (χ0) is 20.1. The molecule has 2 heterocycles. The average molecular weight is 391 g/mol. The second-order valence-electron chi connectivity index (χ2n) is 7.05. The summed E-state index contributed by atoms with van der Waals surface area (Å²) in [4.78, 5) is 18.4. The summed E-state index contributed by atoms with van der Waals surface area (Å²) in [5, 5.41) is 2.93. The summed E-state index contributed by atoms with van der Waals surface area (Å²) in [6, 6.07) is 20.5. The molecular weight excluding hydrogens is 369 g/mol. The van der Waals surface area contributed by atoms with E-state index in [0.717, 1.165) is 5.56 Å². The van der Waals surface area contributed by atoms with E-state index in [0.29, 0.717) is 43.1 Å². The summed E-state index contributed by atoms with van der Waals surface area (Å²) in [5.41, 5.74) is 2.13. The first-order valence-electron chi connectivity index (χ1n) is 9.58. The molecule has 29 heavy (non-hydrogen) atoms. The van der Waals surface area contributed by atoms with E-state index < -0.39 is 5.95 Å². The molecule has 5 nitrogen and oxygen atoms in total. The van der Waals surface area contributed by atoms with Gasteiger partial charge in [0.1, 0.15) is 11.9 Å². The molecule has 4 rings (SSSR count). The first kappa shape index (κ1) is 19.1. The molecule has 0 bridgehead atoms. The minimum atomic E-state index is -0.433. The van der Waals surface area contributed by atoms with Crippen LogP contribution in [0, 0.1) is 5.95 Å². The Balaban J connectivity index is 1.32. The van der Waals surface area contributed by atoms with E-state index in [1.807, 2.05) is 42.5 Å². The number of amides is 1. The first-order valence-corrected chi connectivity index (χ1v) is 9.58. The number of hydrogen-bond acceptors (Lipinski definition) is 4. The van der Waals surface area contributed by atoms with Gasteiger partial charge in [-0.1, -0.05) is 48.5 Å². The molecular formula is C23H22FN3O2. The fourth-order valence-corrected chi connectivity index (χ4v) is 3.31. The molecule has 1 fully saturated rings. The highest BCUT2D eigenvalue weighted by Gasteiger charge is 2.30. The van der Waals surface area contributed by atoms with Gasteiger partial charge in [0.25, 0.3) is 5.91 Å². The van der Waals surface area contributed by atoms with Crippen molar-refractivity contribution in [2.24, 2.45) is 0 Å². The Bertz CT molecular complexity index is 975. The van der Waals surface area contributed by atoms with Gasteiger partial charge in [0.05, 0.1) is 5.56 Å². The van der Waals surface area contributed by atoms with Crippen LogP contribution in [0.15, 0.2) is 72.9 Å². The molecule has 1 aromatic heterocycles. The fourth-order valence-electron chi connectivity index (χ4n) is 3.31. The lowest BCUT2D eigenvalue weighted by atomic mass is 10.1. The lowest BCUT2D eigenvalue weighted by molar-refractivity contribution is 0.0133. The van der Waals surface area contributed by atoms with E-state index in [1.54, 1.807) is 24.3 Å². The number of rotatable bonds is 7. The molecule has 0 aliphatic carbocycles. The molecule has 0 radical (unpaired) electrons. The lowest BCUT2D eigenvalue weighted by Gasteiger charge is -2.39. The van der Waals surface area contributed by atoms with Gasteiger partial charge in [-0.15, -0.1) is 0 Å². The molecule has 1 aliphatic rings. The number of hydrogen-bond donors (Lipinski definition) is 1. The Morgan fingerprint density at radius 1 is 1.07 bits per heavy atom.